The summed E-state index contributed by atoms with van der Waals surface area (Å²) in [5.41, 5.74) is 1.02. The smallest absolute Gasteiger partial charge is 0.120 e. The van der Waals surface area contributed by atoms with E-state index in [1.54, 1.807) is 11.3 Å². The van der Waals surface area contributed by atoms with Crippen LogP contribution in [0.3, 0.4) is 0 Å². The number of aliphatic hydroxyl groups excluding tert-OH is 1. The summed E-state index contributed by atoms with van der Waals surface area (Å²) >= 11 is 1.69. The maximum atomic E-state index is 8.65. The number of hydrogen-bond donors (Lipinski definition) is 1. The van der Waals surface area contributed by atoms with Gasteiger partial charge in [0.25, 0.3) is 0 Å². The fourth-order valence-electron chi connectivity index (χ4n) is 1.36. The molecule has 0 bridgehead atoms. The van der Waals surface area contributed by atoms with E-state index in [0.29, 0.717) is 6.61 Å². The predicted octanol–water partition coefficient (Wildman–Crippen LogP) is 2.23. The van der Waals surface area contributed by atoms with Crippen molar-refractivity contribution in [1.82, 2.24) is 4.98 Å². The number of thiazole rings is 1. The van der Waals surface area contributed by atoms with Crippen LogP contribution in [0.15, 0.2) is 18.2 Å². The summed E-state index contributed by atoms with van der Waals surface area (Å²) in [6, 6.07) is 5.82. The quantitative estimate of drug-likeness (QED) is 0.864. The Morgan fingerprint density at radius 1 is 1.47 bits per heavy atom. The van der Waals surface area contributed by atoms with Crippen molar-refractivity contribution in [3.05, 3.63) is 23.2 Å². The van der Waals surface area contributed by atoms with Gasteiger partial charge in [0.15, 0.2) is 0 Å². The number of ether oxygens (including phenoxy) is 1. The second kappa shape index (κ2) is 4.59. The summed E-state index contributed by atoms with van der Waals surface area (Å²) in [5.74, 6) is 0.794. The lowest BCUT2D eigenvalue weighted by Gasteiger charge is -2.02. The highest BCUT2D eigenvalue weighted by molar-refractivity contribution is 7.18. The average Bonchev–Trinajstić information content (AvgIpc) is 2.68. The van der Waals surface area contributed by atoms with E-state index in [1.165, 1.54) is 0 Å². The number of aliphatic hydroxyl groups is 1. The van der Waals surface area contributed by atoms with Crippen LogP contribution in [0.2, 0.25) is 0 Å². The molecule has 0 aliphatic heterocycles. The van der Waals surface area contributed by atoms with Crippen LogP contribution < -0.4 is 4.74 Å². The number of aryl methyl sites for hydroxylation is 1. The summed E-state index contributed by atoms with van der Waals surface area (Å²) < 4.78 is 6.48. The fourth-order valence-corrected chi connectivity index (χ4v) is 2.29. The monoisotopic (exact) mass is 223 g/mol. The molecule has 1 aromatic heterocycles. The molecule has 4 heteroatoms. The number of nitrogens with zero attached hydrogens (tertiary/aromatic N) is 1. The number of hydrogen-bond acceptors (Lipinski definition) is 4. The summed E-state index contributed by atoms with van der Waals surface area (Å²) in [6.45, 7) is 2.48. The zero-order valence-electron chi connectivity index (χ0n) is 8.56. The third-order valence-electron chi connectivity index (χ3n) is 2.07. The van der Waals surface area contributed by atoms with Crippen LogP contribution in [0.4, 0.5) is 0 Å². The molecule has 0 saturated carbocycles. The molecule has 0 aliphatic carbocycles. The standard InChI is InChI=1S/C11H13NO2S/c1-2-11-12-9-4-3-8(14-6-5-13)7-10(9)15-11/h3-4,7,13H,2,5-6H2,1H3. The Morgan fingerprint density at radius 2 is 2.33 bits per heavy atom. The molecule has 2 rings (SSSR count). The maximum Gasteiger partial charge on any atom is 0.120 e. The van der Waals surface area contributed by atoms with E-state index in [2.05, 4.69) is 11.9 Å². The third kappa shape index (κ3) is 2.27. The molecule has 15 heavy (non-hydrogen) atoms. The summed E-state index contributed by atoms with van der Waals surface area (Å²) in [6.07, 6.45) is 0.964. The van der Waals surface area contributed by atoms with E-state index in [4.69, 9.17) is 9.84 Å². The van der Waals surface area contributed by atoms with Crippen LogP contribution in [-0.2, 0) is 6.42 Å². The topological polar surface area (TPSA) is 42.4 Å². The second-order valence-electron chi connectivity index (χ2n) is 3.16. The summed E-state index contributed by atoms with van der Waals surface area (Å²) in [7, 11) is 0. The van der Waals surface area contributed by atoms with Gasteiger partial charge >= 0.3 is 0 Å². The van der Waals surface area contributed by atoms with E-state index >= 15 is 0 Å². The number of fused-ring (bicyclic) bond motifs is 1. The van der Waals surface area contributed by atoms with Crippen LogP contribution in [-0.4, -0.2) is 23.3 Å². The van der Waals surface area contributed by atoms with E-state index < -0.39 is 0 Å². The molecule has 3 nitrogen and oxygen atoms in total. The van der Waals surface area contributed by atoms with Gasteiger partial charge in [0.1, 0.15) is 12.4 Å². The van der Waals surface area contributed by atoms with Crippen molar-refractivity contribution in [2.24, 2.45) is 0 Å². The summed E-state index contributed by atoms with van der Waals surface area (Å²) in [5, 5.41) is 9.79. The van der Waals surface area contributed by atoms with Crippen molar-refractivity contribution in [2.75, 3.05) is 13.2 Å². The zero-order valence-corrected chi connectivity index (χ0v) is 9.38. The molecule has 0 saturated heterocycles. The highest BCUT2D eigenvalue weighted by Crippen LogP contribution is 2.26. The largest absolute Gasteiger partial charge is 0.491 e. The molecule has 0 amide bonds. The summed E-state index contributed by atoms with van der Waals surface area (Å²) in [4.78, 5) is 4.47. The number of aromatic nitrogens is 1. The lowest BCUT2D eigenvalue weighted by molar-refractivity contribution is 0.201. The molecule has 0 aliphatic rings. The van der Waals surface area contributed by atoms with Crippen LogP contribution in [0.5, 0.6) is 5.75 Å². The third-order valence-corrected chi connectivity index (χ3v) is 3.23. The van der Waals surface area contributed by atoms with Gasteiger partial charge in [0.05, 0.1) is 21.8 Å². The van der Waals surface area contributed by atoms with Crippen molar-refractivity contribution in [3.8, 4) is 5.75 Å². The van der Waals surface area contributed by atoms with Crippen molar-refractivity contribution >= 4 is 21.6 Å². The molecule has 0 fully saturated rings. The number of benzene rings is 1. The molecular formula is C11H13NO2S. The Labute approximate surface area is 92.3 Å². The van der Waals surface area contributed by atoms with Gasteiger partial charge in [0.2, 0.25) is 0 Å². The van der Waals surface area contributed by atoms with Crippen LogP contribution in [0.1, 0.15) is 11.9 Å². The molecule has 2 aromatic rings. The first-order valence-electron chi connectivity index (χ1n) is 4.96. The SMILES string of the molecule is CCc1nc2ccc(OCCO)cc2s1. The van der Waals surface area contributed by atoms with E-state index in [1.807, 2.05) is 18.2 Å². The lowest BCUT2D eigenvalue weighted by atomic mass is 10.3. The van der Waals surface area contributed by atoms with Crippen molar-refractivity contribution in [1.29, 1.82) is 0 Å². The van der Waals surface area contributed by atoms with Crippen molar-refractivity contribution in [3.63, 3.8) is 0 Å². The van der Waals surface area contributed by atoms with Gasteiger partial charge < -0.3 is 9.84 Å². The highest BCUT2D eigenvalue weighted by Gasteiger charge is 2.03. The van der Waals surface area contributed by atoms with Crippen LogP contribution in [0.25, 0.3) is 10.2 Å². The Hall–Kier alpha value is -1.13. The molecule has 1 N–H and O–H groups in total. The minimum Gasteiger partial charge on any atom is -0.491 e. The Morgan fingerprint density at radius 3 is 3.07 bits per heavy atom. The number of rotatable bonds is 4. The highest BCUT2D eigenvalue weighted by atomic mass is 32.1. The average molecular weight is 223 g/mol. The molecule has 80 valence electrons. The minimum absolute atomic E-state index is 0.0426. The first-order chi connectivity index (χ1) is 7.33. The molecule has 1 aromatic carbocycles. The molecule has 1 heterocycles. The Balaban J connectivity index is 2.29. The molecule has 0 atom stereocenters. The molecule has 0 radical (unpaired) electrons. The van der Waals surface area contributed by atoms with Crippen molar-refractivity contribution in [2.45, 2.75) is 13.3 Å². The lowest BCUT2D eigenvalue weighted by Crippen LogP contribution is -2.00. The first-order valence-corrected chi connectivity index (χ1v) is 5.78. The zero-order chi connectivity index (χ0) is 10.7. The molecule has 0 spiro atoms. The molecular weight excluding hydrogens is 210 g/mol. The Kier molecular flexibility index (Phi) is 3.18. The van der Waals surface area contributed by atoms with E-state index in [0.717, 1.165) is 27.4 Å². The predicted molar refractivity (Wildman–Crippen MR) is 61.6 cm³/mol. The van der Waals surface area contributed by atoms with Gasteiger partial charge in [-0.1, -0.05) is 6.92 Å². The maximum absolute atomic E-state index is 8.65. The van der Waals surface area contributed by atoms with E-state index in [-0.39, 0.29) is 6.61 Å². The molecule has 0 unspecified atom stereocenters. The Bertz CT molecular complexity index is 453. The van der Waals surface area contributed by atoms with Gasteiger partial charge in [0, 0.05) is 0 Å². The van der Waals surface area contributed by atoms with Crippen LogP contribution >= 0.6 is 11.3 Å². The van der Waals surface area contributed by atoms with Gasteiger partial charge in [-0.2, -0.15) is 0 Å². The van der Waals surface area contributed by atoms with Crippen LogP contribution in [0, 0.1) is 0 Å². The van der Waals surface area contributed by atoms with Gasteiger partial charge in [-0.05, 0) is 24.6 Å². The minimum atomic E-state index is 0.0426. The van der Waals surface area contributed by atoms with Gasteiger partial charge in [-0.25, -0.2) is 4.98 Å². The van der Waals surface area contributed by atoms with Gasteiger partial charge in [-0.3, -0.25) is 0 Å². The van der Waals surface area contributed by atoms with Crippen molar-refractivity contribution < 1.29 is 9.84 Å². The normalized spacial score (nSPS) is 10.8. The van der Waals surface area contributed by atoms with E-state index in [9.17, 15) is 0 Å². The fraction of sp³-hybridized carbons (Fsp3) is 0.364. The van der Waals surface area contributed by atoms with Gasteiger partial charge in [-0.15, -0.1) is 11.3 Å². The second-order valence-corrected chi connectivity index (χ2v) is 4.28. The first kappa shape index (κ1) is 10.4.